The molecule has 0 amide bonds. The van der Waals surface area contributed by atoms with E-state index >= 15 is 0 Å². The fourth-order valence-electron chi connectivity index (χ4n) is 3.24. The third-order valence-electron chi connectivity index (χ3n) is 5.50. The lowest BCUT2D eigenvalue weighted by Gasteiger charge is -2.45. The molecule has 12 nitrogen and oxygen atoms in total. The van der Waals surface area contributed by atoms with E-state index < -0.39 is 63.6 Å². The topological polar surface area (TPSA) is 174 Å². The Morgan fingerprint density at radius 1 is 0.828 bits per heavy atom. The summed E-state index contributed by atoms with van der Waals surface area (Å²) in [5.74, 6) is -0.451. The molecule has 5 N–H and O–H groups in total. The highest BCUT2D eigenvalue weighted by Crippen LogP contribution is 2.48. The van der Waals surface area contributed by atoms with E-state index in [0.717, 1.165) is 14.2 Å². The van der Waals surface area contributed by atoms with Crippen LogP contribution in [0.1, 0.15) is 13.8 Å². The Morgan fingerprint density at radius 3 is 1.93 bits per heavy atom. The van der Waals surface area contributed by atoms with Gasteiger partial charge in [-0.1, -0.05) is 13.8 Å². The summed E-state index contributed by atoms with van der Waals surface area (Å²) in [6, 6.07) is 0. The molecule has 2 fully saturated rings. The molecule has 0 spiro atoms. The van der Waals surface area contributed by atoms with Crippen LogP contribution in [0, 0.1) is 11.8 Å². The van der Waals surface area contributed by atoms with Crippen LogP contribution in [0.4, 0.5) is 0 Å². The number of phosphoric acid groups is 1. The lowest BCUT2D eigenvalue weighted by Crippen LogP contribution is -2.61. The van der Waals surface area contributed by atoms with E-state index in [1.54, 1.807) is 6.92 Å². The average molecular weight is 446 g/mol. The summed E-state index contributed by atoms with van der Waals surface area (Å²) in [6.45, 7) is 2.77. The number of ether oxygens (including phenoxy) is 3. The molecule has 2 saturated heterocycles. The standard InChI is InChI=1S/C16H31O12P/c1-7-8(2)11(18)15(26-9(7)5-17)28-16-14(21)13(20)12(19)10(27-16)6-25-29(22,23-3)24-4/h7-21H,5-6H2,1-4H3. The molecule has 2 heterocycles. The van der Waals surface area contributed by atoms with Crippen molar-refractivity contribution in [2.75, 3.05) is 27.4 Å². The van der Waals surface area contributed by atoms with Crippen molar-refractivity contribution >= 4 is 7.82 Å². The van der Waals surface area contributed by atoms with Crippen molar-refractivity contribution in [3.63, 3.8) is 0 Å². The van der Waals surface area contributed by atoms with E-state index in [1.165, 1.54) is 0 Å². The van der Waals surface area contributed by atoms with Gasteiger partial charge in [-0.15, -0.1) is 0 Å². The Labute approximate surface area is 168 Å². The minimum atomic E-state index is -3.87. The van der Waals surface area contributed by atoms with Crippen molar-refractivity contribution in [2.45, 2.75) is 63.1 Å². The van der Waals surface area contributed by atoms with E-state index in [1.807, 2.05) is 6.92 Å². The molecule has 0 aromatic carbocycles. The van der Waals surface area contributed by atoms with Gasteiger partial charge in [-0.3, -0.25) is 13.6 Å². The van der Waals surface area contributed by atoms with Crippen LogP contribution in [0.5, 0.6) is 0 Å². The Hall–Kier alpha value is -0.210. The lowest BCUT2D eigenvalue weighted by atomic mass is 9.84. The van der Waals surface area contributed by atoms with Gasteiger partial charge in [-0.2, -0.15) is 0 Å². The van der Waals surface area contributed by atoms with Crippen molar-refractivity contribution < 1.29 is 57.9 Å². The van der Waals surface area contributed by atoms with Crippen LogP contribution in [0.25, 0.3) is 0 Å². The summed E-state index contributed by atoms with van der Waals surface area (Å²) in [4.78, 5) is 0. The molecular formula is C16H31O12P. The average Bonchev–Trinajstić information content (AvgIpc) is 2.73. The molecule has 2 rings (SSSR count). The first kappa shape index (κ1) is 25.1. The molecule has 2 aliphatic rings. The first-order valence-corrected chi connectivity index (χ1v) is 10.7. The third-order valence-corrected chi connectivity index (χ3v) is 6.86. The molecule has 0 bridgehead atoms. The van der Waals surface area contributed by atoms with Crippen molar-refractivity contribution in [1.29, 1.82) is 0 Å². The predicted molar refractivity (Wildman–Crippen MR) is 95.4 cm³/mol. The molecule has 2 aliphatic heterocycles. The van der Waals surface area contributed by atoms with E-state index in [4.69, 9.17) is 18.7 Å². The van der Waals surface area contributed by atoms with Gasteiger partial charge in [0.1, 0.15) is 30.5 Å². The monoisotopic (exact) mass is 446 g/mol. The van der Waals surface area contributed by atoms with Gasteiger partial charge in [-0.05, 0) is 11.8 Å². The molecule has 13 heteroatoms. The Balaban J connectivity index is 2.08. The van der Waals surface area contributed by atoms with Crippen molar-refractivity contribution in [2.24, 2.45) is 11.8 Å². The zero-order chi connectivity index (χ0) is 21.9. The summed E-state index contributed by atoms with van der Waals surface area (Å²) in [5.41, 5.74) is 0. The van der Waals surface area contributed by atoms with Gasteiger partial charge in [0.2, 0.25) is 0 Å². The summed E-state index contributed by atoms with van der Waals surface area (Å²) in [7, 11) is -1.66. The lowest BCUT2D eigenvalue weighted by molar-refractivity contribution is -0.368. The quantitative estimate of drug-likeness (QED) is 0.276. The highest BCUT2D eigenvalue weighted by molar-refractivity contribution is 7.48. The second kappa shape index (κ2) is 10.4. The number of hydrogen-bond donors (Lipinski definition) is 5. The molecule has 10 atom stereocenters. The second-order valence-corrected chi connectivity index (χ2v) is 9.08. The molecule has 0 aliphatic carbocycles. The Morgan fingerprint density at radius 2 is 1.38 bits per heavy atom. The van der Waals surface area contributed by atoms with Crippen LogP contribution in [-0.2, 0) is 32.3 Å². The highest BCUT2D eigenvalue weighted by Gasteiger charge is 2.49. The molecule has 0 radical (unpaired) electrons. The normalized spacial score (nSPS) is 44.0. The maximum atomic E-state index is 12.0. The van der Waals surface area contributed by atoms with Gasteiger partial charge in [0.25, 0.3) is 0 Å². The molecule has 0 aromatic heterocycles. The van der Waals surface area contributed by atoms with Crippen molar-refractivity contribution in [3.8, 4) is 0 Å². The minimum absolute atomic E-state index is 0.155. The Kier molecular flexibility index (Phi) is 8.99. The van der Waals surface area contributed by atoms with Gasteiger partial charge >= 0.3 is 7.82 Å². The van der Waals surface area contributed by atoms with E-state index in [0.29, 0.717) is 0 Å². The van der Waals surface area contributed by atoms with E-state index in [9.17, 15) is 30.1 Å². The maximum Gasteiger partial charge on any atom is 0.474 e. The summed E-state index contributed by atoms with van der Waals surface area (Å²) < 4.78 is 42.8. The predicted octanol–water partition coefficient (Wildman–Crippen LogP) is -1.42. The van der Waals surface area contributed by atoms with Crippen LogP contribution in [0.15, 0.2) is 0 Å². The fourth-order valence-corrected chi connectivity index (χ4v) is 3.93. The first-order valence-electron chi connectivity index (χ1n) is 9.24. The zero-order valence-electron chi connectivity index (χ0n) is 16.7. The van der Waals surface area contributed by atoms with Crippen LogP contribution >= 0.6 is 7.82 Å². The van der Waals surface area contributed by atoms with Gasteiger partial charge in [0.15, 0.2) is 12.6 Å². The highest BCUT2D eigenvalue weighted by atomic mass is 31.2. The van der Waals surface area contributed by atoms with Crippen LogP contribution in [0.3, 0.4) is 0 Å². The summed E-state index contributed by atoms with van der Waals surface area (Å²) in [5, 5.41) is 50.4. The third kappa shape index (κ3) is 5.53. The minimum Gasteiger partial charge on any atom is -0.394 e. The van der Waals surface area contributed by atoms with E-state index in [2.05, 4.69) is 9.05 Å². The molecular weight excluding hydrogens is 415 g/mol. The second-order valence-electron chi connectivity index (χ2n) is 7.19. The Bertz CT molecular complexity index is 554. The molecule has 0 aromatic rings. The number of aliphatic hydroxyl groups is 5. The maximum absolute atomic E-state index is 12.0. The zero-order valence-corrected chi connectivity index (χ0v) is 17.6. The number of phosphoric ester groups is 1. The number of rotatable bonds is 8. The summed E-state index contributed by atoms with van der Waals surface area (Å²) >= 11 is 0. The SMILES string of the molecule is COP(=O)(OC)OCC1OC(OC2OC(CO)C(C)C(C)C2O)C(O)C(O)C1O. The van der Waals surface area contributed by atoms with Gasteiger partial charge < -0.3 is 39.7 Å². The van der Waals surface area contributed by atoms with Gasteiger partial charge in [0.05, 0.1) is 19.3 Å². The molecule has 29 heavy (non-hydrogen) atoms. The smallest absolute Gasteiger partial charge is 0.394 e. The molecule has 0 saturated carbocycles. The van der Waals surface area contributed by atoms with Crippen LogP contribution in [0.2, 0.25) is 0 Å². The van der Waals surface area contributed by atoms with Crippen LogP contribution in [-0.4, -0.2) is 102 Å². The van der Waals surface area contributed by atoms with E-state index in [-0.39, 0.29) is 18.4 Å². The molecule has 172 valence electrons. The number of aliphatic hydroxyl groups excluding tert-OH is 5. The first-order chi connectivity index (χ1) is 13.6. The number of hydrogen-bond acceptors (Lipinski definition) is 12. The van der Waals surface area contributed by atoms with Gasteiger partial charge in [-0.25, -0.2) is 4.57 Å². The summed E-state index contributed by atoms with van der Waals surface area (Å²) in [6.07, 6.45) is -10.7. The van der Waals surface area contributed by atoms with Crippen molar-refractivity contribution in [1.82, 2.24) is 0 Å². The van der Waals surface area contributed by atoms with Crippen LogP contribution < -0.4 is 0 Å². The van der Waals surface area contributed by atoms with Crippen molar-refractivity contribution in [3.05, 3.63) is 0 Å². The fraction of sp³-hybridized carbons (Fsp3) is 1.00. The molecule has 10 unspecified atom stereocenters. The largest absolute Gasteiger partial charge is 0.474 e. The van der Waals surface area contributed by atoms with Gasteiger partial charge in [0, 0.05) is 14.2 Å².